The minimum absolute atomic E-state index is 0.197. The van der Waals surface area contributed by atoms with Crippen molar-refractivity contribution in [1.82, 2.24) is 0 Å². The molecule has 0 aliphatic rings. The smallest absolute Gasteiger partial charge is 0.267 e. The summed E-state index contributed by atoms with van der Waals surface area (Å²) in [4.78, 5) is 12.8. The molecule has 3 aromatic rings. The molecule has 0 atom stereocenters. The average molecular weight is 418 g/mol. The van der Waals surface area contributed by atoms with E-state index in [1.54, 1.807) is 21.0 Å². The van der Waals surface area contributed by atoms with Gasteiger partial charge in [-0.05, 0) is 66.3 Å². The van der Waals surface area contributed by atoms with Gasteiger partial charge in [-0.1, -0.05) is 62.4 Å². The summed E-state index contributed by atoms with van der Waals surface area (Å²) >= 11 is 0. The molecule has 0 spiro atoms. The molecule has 0 fully saturated rings. The lowest BCUT2D eigenvalue weighted by Gasteiger charge is -2.25. The maximum atomic E-state index is 12.8. The number of carbonyl (C=O) groups is 1. The lowest BCUT2D eigenvalue weighted by molar-refractivity contribution is -0.128. The van der Waals surface area contributed by atoms with E-state index in [1.165, 1.54) is 5.56 Å². The van der Waals surface area contributed by atoms with Crippen molar-refractivity contribution < 1.29 is 14.3 Å². The molecule has 0 saturated carbocycles. The number of benzene rings is 3. The molecule has 1 N–H and O–H groups in total. The highest BCUT2D eigenvalue weighted by molar-refractivity contribution is 5.97. The molecule has 0 saturated heterocycles. The molecule has 0 aliphatic carbocycles. The topological polar surface area (TPSA) is 47.6 Å². The number of rotatable bonds is 8. The third-order valence-electron chi connectivity index (χ3n) is 5.21. The summed E-state index contributed by atoms with van der Waals surface area (Å²) in [5, 5.41) is 2.96. The van der Waals surface area contributed by atoms with Crippen LogP contribution >= 0.6 is 0 Å². The van der Waals surface area contributed by atoms with E-state index >= 15 is 0 Å². The van der Waals surface area contributed by atoms with Gasteiger partial charge < -0.3 is 14.8 Å². The Hall–Kier alpha value is -3.11. The van der Waals surface area contributed by atoms with Gasteiger partial charge in [-0.25, -0.2) is 0 Å². The fourth-order valence-electron chi connectivity index (χ4n) is 3.25. The van der Waals surface area contributed by atoms with Crippen molar-refractivity contribution in [2.75, 3.05) is 12.4 Å². The van der Waals surface area contributed by atoms with Crippen LogP contribution < -0.4 is 10.1 Å². The van der Waals surface area contributed by atoms with Crippen LogP contribution in [0.3, 0.4) is 0 Å². The Labute approximate surface area is 185 Å². The summed E-state index contributed by atoms with van der Waals surface area (Å²) in [5.41, 5.74) is 4.31. The SMILES string of the molecule is COCc1ccc(-c2ccc(NC(=O)C(C)(C)Oc3ccc(C(C)C)cc3)cc2)cc1. The van der Waals surface area contributed by atoms with E-state index < -0.39 is 5.60 Å². The zero-order chi connectivity index (χ0) is 22.4. The molecule has 31 heavy (non-hydrogen) atoms. The van der Waals surface area contributed by atoms with Gasteiger partial charge in [0, 0.05) is 12.8 Å². The minimum Gasteiger partial charge on any atom is -0.478 e. The van der Waals surface area contributed by atoms with Crippen LogP contribution in [0.1, 0.15) is 44.7 Å². The number of carbonyl (C=O) groups excluding carboxylic acids is 1. The summed E-state index contributed by atoms with van der Waals surface area (Å²) in [7, 11) is 1.69. The second kappa shape index (κ2) is 9.80. The Morgan fingerprint density at radius 1 is 0.871 bits per heavy atom. The zero-order valence-electron chi connectivity index (χ0n) is 18.9. The first-order chi connectivity index (χ1) is 14.8. The molecular formula is C27H31NO3. The Kier molecular flexibility index (Phi) is 7.13. The molecule has 162 valence electrons. The Morgan fingerprint density at radius 3 is 1.94 bits per heavy atom. The van der Waals surface area contributed by atoms with Gasteiger partial charge in [0.1, 0.15) is 5.75 Å². The highest BCUT2D eigenvalue weighted by Crippen LogP contribution is 2.25. The van der Waals surface area contributed by atoms with Crippen LogP contribution in [-0.2, 0) is 16.1 Å². The van der Waals surface area contributed by atoms with Crippen molar-refractivity contribution in [1.29, 1.82) is 0 Å². The summed E-state index contributed by atoms with van der Waals surface area (Å²) in [6.45, 7) is 8.44. The molecule has 1 amide bonds. The summed E-state index contributed by atoms with van der Waals surface area (Å²) in [6, 6.07) is 24.0. The molecule has 0 radical (unpaired) electrons. The number of amides is 1. The summed E-state index contributed by atoms with van der Waals surface area (Å²) in [5.74, 6) is 0.936. The maximum Gasteiger partial charge on any atom is 0.267 e. The number of hydrogen-bond acceptors (Lipinski definition) is 3. The lowest BCUT2D eigenvalue weighted by atomic mass is 10.0. The quantitative estimate of drug-likeness (QED) is 0.460. The maximum absolute atomic E-state index is 12.8. The number of methoxy groups -OCH3 is 1. The summed E-state index contributed by atoms with van der Waals surface area (Å²) in [6.07, 6.45) is 0. The standard InChI is InChI=1S/C27H31NO3/c1-19(2)21-12-16-25(17-13-21)31-27(3,4)26(29)28-24-14-10-23(11-15-24)22-8-6-20(7-9-22)18-30-5/h6-17,19H,18H2,1-5H3,(H,28,29). The molecule has 4 nitrogen and oxygen atoms in total. The number of nitrogens with one attached hydrogen (secondary N) is 1. The fourth-order valence-corrected chi connectivity index (χ4v) is 3.25. The third-order valence-corrected chi connectivity index (χ3v) is 5.21. The van der Waals surface area contributed by atoms with Gasteiger partial charge in [-0.3, -0.25) is 4.79 Å². The predicted octanol–water partition coefficient (Wildman–Crippen LogP) is 6.42. The largest absolute Gasteiger partial charge is 0.478 e. The van der Waals surface area contributed by atoms with E-state index in [9.17, 15) is 4.79 Å². The van der Waals surface area contributed by atoms with Crippen molar-refractivity contribution in [2.24, 2.45) is 0 Å². The molecule has 0 aromatic heterocycles. The van der Waals surface area contributed by atoms with Gasteiger partial charge in [0.05, 0.1) is 6.61 Å². The first-order valence-electron chi connectivity index (χ1n) is 10.6. The predicted molar refractivity (Wildman–Crippen MR) is 126 cm³/mol. The fraction of sp³-hybridized carbons (Fsp3) is 0.296. The number of anilines is 1. The van der Waals surface area contributed by atoms with Gasteiger partial charge in [-0.15, -0.1) is 0 Å². The molecule has 0 heterocycles. The average Bonchev–Trinajstić information content (AvgIpc) is 2.75. The van der Waals surface area contributed by atoms with Gasteiger partial charge in [0.25, 0.3) is 5.91 Å². The second-order valence-electron chi connectivity index (χ2n) is 8.50. The Bertz CT molecular complexity index is 988. The van der Waals surface area contributed by atoms with Gasteiger partial charge >= 0.3 is 0 Å². The van der Waals surface area contributed by atoms with E-state index in [-0.39, 0.29) is 5.91 Å². The van der Waals surface area contributed by atoms with Gasteiger partial charge in [0.2, 0.25) is 0 Å². The molecular weight excluding hydrogens is 386 g/mol. The first-order valence-corrected chi connectivity index (χ1v) is 10.6. The van der Waals surface area contributed by atoms with Crippen LogP contribution in [0.25, 0.3) is 11.1 Å². The first kappa shape index (κ1) is 22.6. The highest BCUT2D eigenvalue weighted by atomic mass is 16.5. The van der Waals surface area contributed by atoms with E-state index in [0.29, 0.717) is 18.3 Å². The molecule has 3 aromatic carbocycles. The van der Waals surface area contributed by atoms with E-state index in [1.807, 2.05) is 48.5 Å². The normalized spacial score (nSPS) is 11.4. The number of ether oxygens (including phenoxy) is 2. The van der Waals surface area contributed by atoms with E-state index in [0.717, 1.165) is 22.4 Å². The van der Waals surface area contributed by atoms with Crippen molar-refractivity contribution in [3.63, 3.8) is 0 Å². The Balaban J connectivity index is 1.63. The van der Waals surface area contributed by atoms with Gasteiger partial charge in [0.15, 0.2) is 5.60 Å². The number of hydrogen-bond donors (Lipinski definition) is 1. The monoisotopic (exact) mass is 417 g/mol. The van der Waals surface area contributed by atoms with Crippen LogP contribution in [0.2, 0.25) is 0 Å². The minimum atomic E-state index is -1.00. The van der Waals surface area contributed by atoms with Crippen LogP contribution in [-0.4, -0.2) is 18.6 Å². The third kappa shape index (κ3) is 5.96. The summed E-state index contributed by atoms with van der Waals surface area (Å²) < 4.78 is 11.1. The second-order valence-corrected chi connectivity index (χ2v) is 8.50. The van der Waals surface area contributed by atoms with Crippen molar-refractivity contribution >= 4 is 11.6 Å². The molecule has 0 unspecified atom stereocenters. The molecule has 3 rings (SSSR count). The van der Waals surface area contributed by atoms with Crippen LogP contribution in [0.5, 0.6) is 5.75 Å². The van der Waals surface area contributed by atoms with Crippen LogP contribution in [0.15, 0.2) is 72.8 Å². The highest BCUT2D eigenvalue weighted by Gasteiger charge is 2.30. The van der Waals surface area contributed by atoms with Crippen LogP contribution in [0.4, 0.5) is 5.69 Å². The van der Waals surface area contributed by atoms with Gasteiger partial charge in [-0.2, -0.15) is 0 Å². The lowest BCUT2D eigenvalue weighted by Crippen LogP contribution is -2.42. The van der Waals surface area contributed by atoms with Crippen molar-refractivity contribution in [3.05, 3.63) is 83.9 Å². The van der Waals surface area contributed by atoms with Crippen molar-refractivity contribution in [3.8, 4) is 16.9 Å². The van der Waals surface area contributed by atoms with E-state index in [2.05, 4.69) is 43.4 Å². The Morgan fingerprint density at radius 2 is 1.42 bits per heavy atom. The molecule has 4 heteroatoms. The van der Waals surface area contributed by atoms with Crippen molar-refractivity contribution in [2.45, 2.75) is 45.8 Å². The molecule has 0 aliphatic heterocycles. The molecule has 0 bridgehead atoms. The van der Waals surface area contributed by atoms with E-state index in [4.69, 9.17) is 9.47 Å². The van der Waals surface area contributed by atoms with Crippen LogP contribution in [0, 0.1) is 0 Å². The zero-order valence-corrected chi connectivity index (χ0v) is 18.9.